The molecule has 1 atom stereocenters. The number of rotatable bonds is 9. The molecule has 0 aliphatic carbocycles. The number of carbonyl (C=O) groups is 1. The molecule has 4 nitrogen and oxygen atoms in total. The highest BCUT2D eigenvalue weighted by Crippen LogP contribution is 2.32. The summed E-state index contributed by atoms with van der Waals surface area (Å²) in [6.07, 6.45) is 3.11. The molecule has 0 radical (unpaired) electrons. The van der Waals surface area contributed by atoms with Gasteiger partial charge in [0.05, 0.1) is 12.5 Å². The monoisotopic (exact) mass is 483 g/mol. The number of aliphatic carboxylic acids is 1. The van der Waals surface area contributed by atoms with Gasteiger partial charge in [0.15, 0.2) is 0 Å². The highest BCUT2D eigenvalue weighted by molar-refractivity contribution is 5.82. The van der Waals surface area contributed by atoms with Crippen molar-refractivity contribution in [3.8, 4) is 0 Å². The van der Waals surface area contributed by atoms with Crippen LogP contribution in [0.2, 0.25) is 0 Å². The van der Waals surface area contributed by atoms with Gasteiger partial charge in [-0.25, -0.2) is 0 Å². The minimum Gasteiger partial charge on any atom is -0.481 e. The third-order valence-corrected chi connectivity index (χ3v) is 7.41. The summed E-state index contributed by atoms with van der Waals surface area (Å²) in [4.78, 5) is 13.7. The van der Waals surface area contributed by atoms with E-state index in [9.17, 15) is 15.0 Å². The molecule has 0 amide bonds. The van der Waals surface area contributed by atoms with E-state index in [-0.39, 0.29) is 6.42 Å². The van der Waals surface area contributed by atoms with E-state index >= 15 is 0 Å². The van der Waals surface area contributed by atoms with Crippen LogP contribution in [0.4, 0.5) is 0 Å². The van der Waals surface area contributed by atoms with Crippen LogP contribution in [0.15, 0.2) is 78.4 Å². The van der Waals surface area contributed by atoms with Crippen molar-refractivity contribution in [3.05, 3.63) is 112 Å². The molecule has 2 N–H and O–H groups in total. The molecule has 1 fully saturated rings. The molecular formula is C32H37NO3. The van der Waals surface area contributed by atoms with Gasteiger partial charge >= 0.3 is 5.97 Å². The predicted molar refractivity (Wildman–Crippen MR) is 146 cm³/mol. The van der Waals surface area contributed by atoms with E-state index in [2.05, 4.69) is 65.6 Å². The lowest BCUT2D eigenvalue weighted by Crippen LogP contribution is -2.32. The lowest BCUT2D eigenvalue weighted by atomic mass is 9.88. The van der Waals surface area contributed by atoms with Crippen molar-refractivity contribution < 1.29 is 15.0 Å². The number of benzene rings is 3. The Morgan fingerprint density at radius 1 is 0.917 bits per heavy atom. The second-order valence-electron chi connectivity index (χ2n) is 9.90. The second kappa shape index (κ2) is 12.2. The number of piperidine rings is 1. The predicted octanol–water partition coefficient (Wildman–Crippen LogP) is 6.34. The first-order valence-electron chi connectivity index (χ1n) is 13.0. The number of hydrogen-bond acceptors (Lipinski definition) is 3. The molecule has 0 saturated carbocycles. The van der Waals surface area contributed by atoms with Gasteiger partial charge in [-0.2, -0.15) is 0 Å². The molecule has 4 rings (SSSR count). The molecule has 3 aromatic carbocycles. The van der Waals surface area contributed by atoms with Crippen molar-refractivity contribution in [3.63, 3.8) is 0 Å². The molecule has 1 saturated heterocycles. The average Bonchev–Trinajstić information content (AvgIpc) is 2.88. The molecule has 0 bridgehead atoms. The number of nitrogens with zero attached hydrogens (tertiary/aromatic N) is 1. The fourth-order valence-corrected chi connectivity index (χ4v) is 5.26. The van der Waals surface area contributed by atoms with Crippen LogP contribution in [0.25, 0.3) is 5.57 Å². The Bertz CT molecular complexity index is 1150. The number of likely N-dealkylation sites (tertiary alicyclic amines) is 1. The summed E-state index contributed by atoms with van der Waals surface area (Å²) >= 11 is 0. The highest BCUT2D eigenvalue weighted by atomic mass is 16.4. The van der Waals surface area contributed by atoms with Crippen LogP contribution in [0.1, 0.15) is 65.2 Å². The first-order chi connectivity index (χ1) is 17.4. The fraction of sp³-hybridized carbons (Fsp3) is 0.344. The average molecular weight is 484 g/mol. The summed E-state index contributed by atoms with van der Waals surface area (Å²) in [5.74, 6) is -0.842. The topological polar surface area (TPSA) is 60.8 Å². The normalized spacial score (nSPS) is 15.0. The van der Waals surface area contributed by atoms with E-state index in [1.807, 2.05) is 26.0 Å². The van der Waals surface area contributed by atoms with Crippen LogP contribution in [0.5, 0.6) is 0 Å². The quantitative estimate of drug-likeness (QED) is 0.373. The molecule has 1 aliphatic heterocycles. The minimum atomic E-state index is -0.842. The van der Waals surface area contributed by atoms with E-state index in [0.717, 1.165) is 61.2 Å². The largest absolute Gasteiger partial charge is 0.481 e. The first-order valence-corrected chi connectivity index (χ1v) is 13.0. The van der Waals surface area contributed by atoms with Crippen LogP contribution in [-0.2, 0) is 11.2 Å². The first kappa shape index (κ1) is 25.9. The molecule has 1 unspecified atom stereocenters. The van der Waals surface area contributed by atoms with Crippen molar-refractivity contribution in [2.45, 2.75) is 52.1 Å². The maximum atomic E-state index is 11.2. The maximum Gasteiger partial charge on any atom is 0.307 e. The lowest BCUT2D eigenvalue weighted by molar-refractivity contribution is -0.136. The van der Waals surface area contributed by atoms with Gasteiger partial charge in [0, 0.05) is 13.1 Å². The van der Waals surface area contributed by atoms with Gasteiger partial charge in [0.2, 0.25) is 0 Å². The third kappa shape index (κ3) is 6.51. The fourth-order valence-electron chi connectivity index (χ4n) is 5.26. The number of carboxylic acid groups (broad SMARTS) is 1. The summed E-state index contributed by atoms with van der Waals surface area (Å²) < 4.78 is 0. The second-order valence-corrected chi connectivity index (χ2v) is 9.90. The van der Waals surface area contributed by atoms with Crippen molar-refractivity contribution >= 4 is 11.5 Å². The van der Waals surface area contributed by atoms with Gasteiger partial charge in [-0.3, -0.25) is 4.79 Å². The van der Waals surface area contributed by atoms with Crippen LogP contribution in [0, 0.1) is 13.8 Å². The minimum absolute atomic E-state index is 0.00911. The van der Waals surface area contributed by atoms with Gasteiger partial charge in [-0.05, 0) is 85.0 Å². The standard InChI is InChI=1S/C32H37NO3/c1-23-20-29(21-28(24(23)2)22-31(35)36)30(34)14-9-17-33-18-15-27(16-19-33)32(25-10-5-3-6-11-25)26-12-7-4-8-13-26/h3-8,10-13,20-21,30,34H,9,14-19,22H2,1-2H3,(H,35,36). The van der Waals surface area contributed by atoms with E-state index in [1.165, 1.54) is 22.3 Å². The van der Waals surface area contributed by atoms with E-state index < -0.39 is 12.1 Å². The smallest absolute Gasteiger partial charge is 0.307 e. The van der Waals surface area contributed by atoms with Gasteiger partial charge in [0.25, 0.3) is 0 Å². The molecule has 3 aromatic rings. The van der Waals surface area contributed by atoms with E-state index in [0.29, 0.717) is 6.42 Å². The van der Waals surface area contributed by atoms with Crippen molar-refractivity contribution in [1.82, 2.24) is 4.90 Å². The Balaban J connectivity index is 1.36. The summed E-state index contributed by atoms with van der Waals surface area (Å²) in [5.41, 5.74) is 9.11. The Kier molecular flexibility index (Phi) is 8.74. The highest BCUT2D eigenvalue weighted by Gasteiger charge is 2.20. The summed E-state index contributed by atoms with van der Waals surface area (Å²) in [7, 11) is 0. The Hall–Kier alpha value is -3.21. The molecule has 36 heavy (non-hydrogen) atoms. The zero-order valence-electron chi connectivity index (χ0n) is 21.4. The van der Waals surface area contributed by atoms with Crippen molar-refractivity contribution in [2.75, 3.05) is 19.6 Å². The van der Waals surface area contributed by atoms with Crippen LogP contribution < -0.4 is 0 Å². The summed E-state index contributed by atoms with van der Waals surface area (Å²) in [6, 6.07) is 25.3. The van der Waals surface area contributed by atoms with Crippen molar-refractivity contribution in [1.29, 1.82) is 0 Å². The Morgan fingerprint density at radius 2 is 1.50 bits per heavy atom. The molecule has 0 spiro atoms. The van der Waals surface area contributed by atoms with Crippen LogP contribution in [0.3, 0.4) is 0 Å². The molecular weight excluding hydrogens is 446 g/mol. The van der Waals surface area contributed by atoms with Crippen LogP contribution in [-0.4, -0.2) is 40.7 Å². The SMILES string of the molecule is Cc1cc(C(O)CCCN2CCC(=C(c3ccccc3)c3ccccc3)CC2)cc(CC(=O)O)c1C. The molecule has 188 valence electrons. The Morgan fingerprint density at radius 3 is 2.06 bits per heavy atom. The number of aliphatic hydroxyl groups excluding tert-OH is 1. The van der Waals surface area contributed by atoms with Gasteiger partial charge < -0.3 is 15.1 Å². The van der Waals surface area contributed by atoms with E-state index in [1.54, 1.807) is 0 Å². The van der Waals surface area contributed by atoms with Crippen LogP contribution >= 0.6 is 0 Å². The lowest BCUT2D eigenvalue weighted by Gasteiger charge is -2.30. The Labute approximate surface area is 214 Å². The molecule has 1 aliphatic rings. The maximum absolute atomic E-state index is 11.2. The third-order valence-electron chi connectivity index (χ3n) is 7.41. The summed E-state index contributed by atoms with van der Waals surface area (Å²) in [6.45, 7) is 6.95. The van der Waals surface area contributed by atoms with E-state index in [4.69, 9.17) is 0 Å². The zero-order valence-corrected chi connectivity index (χ0v) is 21.4. The summed E-state index contributed by atoms with van der Waals surface area (Å²) in [5, 5.41) is 20.0. The number of carboxylic acids is 1. The number of aryl methyl sites for hydroxylation is 1. The van der Waals surface area contributed by atoms with Gasteiger partial charge in [0.1, 0.15) is 0 Å². The molecule has 4 heteroatoms. The number of hydrogen-bond donors (Lipinski definition) is 2. The molecule has 0 aromatic heterocycles. The zero-order chi connectivity index (χ0) is 25.5. The molecule has 1 heterocycles. The van der Waals surface area contributed by atoms with Gasteiger partial charge in [-0.1, -0.05) is 78.4 Å². The number of aliphatic hydroxyl groups is 1. The van der Waals surface area contributed by atoms with Gasteiger partial charge in [-0.15, -0.1) is 0 Å². The van der Waals surface area contributed by atoms with Crippen molar-refractivity contribution in [2.24, 2.45) is 0 Å².